The molecular formula is C17H19N7O2. The molecule has 5 rings (SSSR count). The molecule has 0 atom stereocenters. The number of hydrogen-bond acceptors (Lipinski definition) is 5. The number of hydrogen-bond donors (Lipinski definition) is 2. The molecular weight excluding hydrogens is 334 g/mol. The molecule has 1 amide bonds. The van der Waals surface area contributed by atoms with Crippen molar-refractivity contribution in [1.29, 1.82) is 0 Å². The van der Waals surface area contributed by atoms with Crippen LogP contribution in [0.2, 0.25) is 0 Å². The maximum atomic E-state index is 12.8. The molecule has 2 aliphatic rings. The number of rotatable bonds is 3. The number of carbonyl (C=O) groups excluding carboxylic acids is 1. The summed E-state index contributed by atoms with van der Waals surface area (Å²) in [5.74, 6) is 1.55. The van der Waals surface area contributed by atoms with Crippen LogP contribution in [0.1, 0.15) is 34.8 Å². The van der Waals surface area contributed by atoms with E-state index in [-0.39, 0.29) is 11.6 Å². The van der Waals surface area contributed by atoms with Crippen LogP contribution >= 0.6 is 0 Å². The average Bonchev–Trinajstić information content (AvgIpc) is 3.30. The standard InChI is InChI=1S/C17H19N7O2/c25-16(12-3-4-14-19-21-17(26)24(14)10-12)23-7-5-22(6-8-23)15-9-13(18-20-15)11-1-2-11/h3-4,9-11H,1-2,5-8H2,(H,18,20)(H,21,26). The fraction of sp³-hybridized carbons (Fsp3) is 0.412. The Kier molecular flexibility index (Phi) is 3.34. The number of pyridine rings is 1. The summed E-state index contributed by atoms with van der Waals surface area (Å²) in [5, 5.41) is 13.8. The van der Waals surface area contributed by atoms with Gasteiger partial charge in [0.25, 0.3) is 5.91 Å². The van der Waals surface area contributed by atoms with Gasteiger partial charge in [-0.05, 0) is 25.0 Å². The molecule has 1 saturated heterocycles. The second-order valence-corrected chi connectivity index (χ2v) is 6.91. The lowest BCUT2D eigenvalue weighted by Gasteiger charge is -2.34. The zero-order chi connectivity index (χ0) is 17.7. The molecule has 0 radical (unpaired) electrons. The number of carbonyl (C=O) groups is 1. The lowest BCUT2D eigenvalue weighted by atomic mass is 10.2. The van der Waals surface area contributed by atoms with E-state index in [9.17, 15) is 9.59 Å². The number of aromatic nitrogens is 5. The summed E-state index contributed by atoms with van der Waals surface area (Å²) in [7, 11) is 0. The van der Waals surface area contributed by atoms with E-state index in [1.165, 1.54) is 22.9 Å². The van der Waals surface area contributed by atoms with Gasteiger partial charge in [0.2, 0.25) is 0 Å². The molecule has 4 heterocycles. The molecule has 2 N–H and O–H groups in total. The van der Waals surface area contributed by atoms with E-state index >= 15 is 0 Å². The number of nitrogens with one attached hydrogen (secondary N) is 2. The molecule has 0 aromatic carbocycles. The first kappa shape index (κ1) is 15.2. The van der Waals surface area contributed by atoms with Crippen molar-refractivity contribution >= 4 is 17.4 Å². The van der Waals surface area contributed by atoms with Crippen molar-refractivity contribution in [2.75, 3.05) is 31.1 Å². The normalized spacial score (nSPS) is 17.8. The van der Waals surface area contributed by atoms with Gasteiger partial charge < -0.3 is 9.80 Å². The number of amides is 1. The molecule has 0 unspecified atom stereocenters. The summed E-state index contributed by atoms with van der Waals surface area (Å²) in [6.45, 7) is 2.74. The third-order valence-corrected chi connectivity index (χ3v) is 5.15. The lowest BCUT2D eigenvalue weighted by molar-refractivity contribution is 0.0746. The van der Waals surface area contributed by atoms with Crippen LogP contribution in [0.5, 0.6) is 0 Å². The van der Waals surface area contributed by atoms with Crippen molar-refractivity contribution in [2.24, 2.45) is 0 Å². The Balaban J connectivity index is 1.28. The number of nitrogens with zero attached hydrogens (tertiary/aromatic N) is 5. The van der Waals surface area contributed by atoms with Crippen molar-refractivity contribution in [3.63, 3.8) is 0 Å². The van der Waals surface area contributed by atoms with Gasteiger partial charge in [-0.1, -0.05) is 0 Å². The minimum Gasteiger partial charge on any atom is -0.352 e. The van der Waals surface area contributed by atoms with E-state index in [1.807, 2.05) is 4.90 Å². The highest BCUT2D eigenvalue weighted by Gasteiger charge is 2.28. The summed E-state index contributed by atoms with van der Waals surface area (Å²) in [6, 6.07) is 5.51. The minimum absolute atomic E-state index is 0.0691. The van der Waals surface area contributed by atoms with Gasteiger partial charge in [-0.25, -0.2) is 14.3 Å². The highest BCUT2D eigenvalue weighted by atomic mass is 16.2. The van der Waals surface area contributed by atoms with Crippen LogP contribution in [0.25, 0.3) is 5.65 Å². The Morgan fingerprint density at radius 2 is 1.88 bits per heavy atom. The van der Waals surface area contributed by atoms with Gasteiger partial charge in [0.15, 0.2) is 11.5 Å². The zero-order valence-corrected chi connectivity index (χ0v) is 14.2. The van der Waals surface area contributed by atoms with Crippen molar-refractivity contribution in [3.8, 4) is 0 Å². The van der Waals surface area contributed by atoms with Crippen LogP contribution in [-0.2, 0) is 0 Å². The van der Waals surface area contributed by atoms with Crippen LogP contribution in [0, 0.1) is 0 Å². The first-order valence-electron chi connectivity index (χ1n) is 8.85. The van der Waals surface area contributed by atoms with Crippen molar-refractivity contribution in [1.82, 2.24) is 29.7 Å². The smallest absolute Gasteiger partial charge is 0.347 e. The Morgan fingerprint density at radius 1 is 1.08 bits per heavy atom. The molecule has 0 bridgehead atoms. The predicted molar refractivity (Wildman–Crippen MR) is 94.5 cm³/mol. The summed E-state index contributed by atoms with van der Waals surface area (Å²) in [4.78, 5) is 28.5. The Morgan fingerprint density at radius 3 is 2.65 bits per heavy atom. The van der Waals surface area contributed by atoms with Crippen LogP contribution in [0.3, 0.4) is 0 Å². The molecule has 3 aromatic rings. The average molecular weight is 353 g/mol. The molecule has 26 heavy (non-hydrogen) atoms. The quantitative estimate of drug-likeness (QED) is 0.717. The highest BCUT2D eigenvalue weighted by Crippen LogP contribution is 2.39. The lowest BCUT2D eigenvalue weighted by Crippen LogP contribution is -2.49. The second-order valence-electron chi connectivity index (χ2n) is 6.91. The summed E-state index contributed by atoms with van der Waals surface area (Å²) in [5.41, 5.74) is 1.87. The minimum atomic E-state index is -0.343. The van der Waals surface area contributed by atoms with Crippen molar-refractivity contribution in [2.45, 2.75) is 18.8 Å². The van der Waals surface area contributed by atoms with Crippen LogP contribution in [-0.4, -0.2) is 61.8 Å². The Labute approximate surface area is 148 Å². The highest BCUT2D eigenvalue weighted by molar-refractivity contribution is 5.94. The first-order valence-corrected chi connectivity index (χ1v) is 8.85. The molecule has 2 fully saturated rings. The fourth-order valence-corrected chi connectivity index (χ4v) is 3.44. The summed E-state index contributed by atoms with van der Waals surface area (Å²) in [6.07, 6.45) is 4.04. The van der Waals surface area contributed by atoms with E-state index in [4.69, 9.17) is 0 Å². The summed E-state index contributed by atoms with van der Waals surface area (Å²) < 4.78 is 1.35. The maximum absolute atomic E-state index is 12.8. The van der Waals surface area contributed by atoms with Crippen molar-refractivity contribution in [3.05, 3.63) is 46.1 Å². The van der Waals surface area contributed by atoms with Gasteiger partial charge in [0, 0.05) is 50.1 Å². The SMILES string of the molecule is O=C(c1ccc2n[nH]c(=O)n2c1)N1CCN(c2cc(C3CC3)[nH]n2)CC1. The topological polar surface area (TPSA) is 102 Å². The molecule has 0 spiro atoms. The van der Waals surface area contributed by atoms with Gasteiger partial charge >= 0.3 is 5.69 Å². The van der Waals surface area contributed by atoms with Crippen molar-refractivity contribution < 1.29 is 4.79 Å². The number of anilines is 1. The van der Waals surface area contributed by atoms with E-state index in [1.54, 1.807) is 18.3 Å². The van der Waals surface area contributed by atoms with E-state index < -0.39 is 0 Å². The Hall–Kier alpha value is -3.10. The number of fused-ring (bicyclic) bond motifs is 1. The molecule has 134 valence electrons. The molecule has 1 aliphatic heterocycles. The van der Waals surface area contributed by atoms with E-state index in [2.05, 4.69) is 31.4 Å². The second kappa shape index (κ2) is 5.72. The van der Waals surface area contributed by atoms with Gasteiger partial charge in [0.1, 0.15) is 0 Å². The largest absolute Gasteiger partial charge is 0.352 e. The third-order valence-electron chi connectivity index (χ3n) is 5.15. The molecule has 1 saturated carbocycles. The molecule has 1 aliphatic carbocycles. The van der Waals surface area contributed by atoms with Crippen LogP contribution in [0.4, 0.5) is 5.82 Å². The van der Waals surface area contributed by atoms with Gasteiger partial charge in [0.05, 0.1) is 5.56 Å². The monoisotopic (exact) mass is 353 g/mol. The van der Waals surface area contributed by atoms with Gasteiger partial charge in [-0.3, -0.25) is 9.89 Å². The molecule has 9 nitrogen and oxygen atoms in total. The third kappa shape index (κ3) is 2.56. The molecule has 3 aromatic heterocycles. The number of piperazine rings is 1. The van der Waals surface area contributed by atoms with Gasteiger partial charge in [-0.2, -0.15) is 10.2 Å². The Bertz CT molecular complexity index is 1020. The number of aromatic amines is 2. The van der Waals surface area contributed by atoms with Crippen LogP contribution in [0.15, 0.2) is 29.2 Å². The van der Waals surface area contributed by atoms with Crippen LogP contribution < -0.4 is 10.6 Å². The summed E-state index contributed by atoms with van der Waals surface area (Å²) >= 11 is 0. The zero-order valence-electron chi connectivity index (χ0n) is 14.2. The fourth-order valence-electron chi connectivity index (χ4n) is 3.44. The predicted octanol–water partition coefficient (Wildman–Crippen LogP) is 0.585. The van der Waals surface area contributed by atoms with E-state index in [0.29, 0.717) is 30.2 Å². The maximum Gasteiger partial charge on any atom is 0.347 e. The first-order chi connectivity index (χ1) is 12.7. The number of H-pyrrole nitrogens is 2. The molecule has 9 heteroatoms. The van der Waals surface area contributed by atoms with E-state index in [0.717, 1.165) is 18.9 Å². The van der Waals surface area contributed by atoms with Gasteiger partial charge in [-0.15, -0.1) is 0 Å².